The largest absolute Gasteiger partial charge is 0.382 e. The molecule has 0 atom stereocenters. The van der Waals surface area contributed by atoms with Crippen LogP contribution in [0.4, 0.5) is 0 Å². The second-order valence-corrected chi connectivity index (χ2v) is 8.12. The summed E-state index contributed by atoms with van der Waals surface area (Å²) in [6, 6.07) is 8.69. The molecule has 8 heteroatoms. The van der Waals surface area contributed by atoms with Gasteiger partial charge < -0.3 is 9.47 Å². The Hall–Kier alpha value is -3.25. The predicted molar refractivity (Wildman–Crippen MR) is 118 cm³/mol. The van der Waals surface area contributed by atoms with Gasteiger partial charge in [0.2, 0.25) is 0 Å². The number of thiophene rings is 1. The van der Waals surface area contributed by atoms with Crippen LogP contribution in [0.3, 0.4) is 0 Å². The van der Waals surface area contributed by atoms with Gasteiger partial charge in [-0.05, 0) is 23.3 Å². The van der Waals surface area contributed by atoms with Crippen molar-refractivity contribution in [2.75, 3.05) is 26.9 Å². The SMILES string of the molecule is COCCOCC#Cc1cc(-n2ncc3c2-c2cc(Cn4cncn4)ccc2C3)cs1. The second kappa shape index (κ2) is 8.86. The molecule has 156 valence electrons. The van der Waals surface area contributed by atoms with E-state index in [1.165, 1.54) is 22.3 Å². The summed E-state index contributed by atoms with van der Waals surface area (Å²) in [6.07, 6.45) is 6.17. The van der Waals surface area contributed by atoms with E-state index >= 15 is 0 Å². The van der Waals surface area contributed by atoms with Crippen LogP contribution in [-0.4, -0.2) is 51.5 Å². The normalized spacial score (nSPS) is 11.8. The first-order chi connectivity index (χ1) is 15.3. The first-order valence-corrected chi connectivity index (χ1v) is 10.9. The molecule has 4 aromatic rings. The number of hydrogen-bond acceptors (Lipinski definition) is 6. The van der Waals surface area contributed by atoms with Gasteiger partial charge in [0.05, 0.1) is 42.2 Å². The summed E-state index contributed by atoms with van der Waals surface area (Å²) in [5, 5.41) is 11.0. The molecule has 1 aliphatic rings. The predicted octanol–water partition coefficient (Wildman–Crippen LogP) is 3.16. The van der Waals surface area contributed by atoms with E-state index < -0.39 is 0 Å². The lowest BCUT2D eigenvalue weighted by Gasteiger charge is -2.08. The highest BCUT2D eigenvalue weighted by Gasteiger charge is 2.24. The van der Waals surface area contributed by atoms with Crippen LogP contribution < -0.4 is 0 Å². The number of benzene rings is 1. The first kappa shape index (κ1) is 19.7. The number of rotatable bonds is 7. The van der Waals surface area contributed by atoms with E-state index in [4.69, 9.17) is 9.47 Å². The van der Waals surface area contributed by atoms with Crippen molar-refractivity contribution in [3.63, 3.8) is 0 Å². The number of fused-ring (bicyclic) bond motifs is 3. The Morgan fingerprint density at radius 1 is 1.16 bits per heavy atom. The van der Waals surface area contributed by atoms with Gasteiger partial charge in [0.1, 0.15) is 19.3 Å². The number of ether oxygens (including phenoxy) is 2. The Bertz CT molecular complexity index is 1250. The molecular formula is C23H21N5O2S. The lowest BCUT2D eigenvalue weighted by Crippen LogP contribution is -2.01. The number of methoxy groups -OCH3 is 1. The molecule has 7 nitrogen and oxygen atoms in total. The molecule has 0 aliphatic heterocycles. The van der Waals surface area contributed by atoms with Crippen molar-refractivity contribution in [2.24, 2.45) is 0 Å². The fourth-order valence-electron chi connectivity index (χ4n) is 3.69. The number of aromatic nitrogens is 5. The third kappa shape index (κ3) is 4.16. The Morgan fingerprint density at radius 3 is 3.00 bits per heavy atom. The van der Waals surface area contributed by atoms with Crippen LogP contribution in [0.15, 0.2) is 48.5 Å². The monoisotopic (exact) mass is 431 g/mol. The molecule has 0 saturated heterocycles. The molecule has 0 radical (unpaired) electrons. The summed E-state index contributed by atoms with van der Waals surface area (Å²) < 4.78 is 14.2. The minimum atomic E-state index is 0.398. The quantitative estimate of drug-likeness (QED) is 0.293. The van der Waals surface area contributed by atoms with E-state index in [2.05, 4.69) is 56.7 Å². The topological polar surface area (TPSA) is 67.0 Å². The van der Waals surface area contributed by atoms with Crippen molar-refractivity contribution >= 4 is 11.3 Å². The van der Waals surface area contributed by atoms with Crippen molar-refractivity contribution < 1.29 is 9.47 Å². The fraction of sp³-hybridized carbons (Fsp3) is 0.261. The summed E-state index contributed by atoms with van der Waals surface area (Å²) in [7, 11) is 1.66. The van der Waals surface area contributed by atoms with Gasteiger partial charge in [-0.2, -0.15) is 10.2 Å². The van der Waals surface area contributed by atoms with Gasteiger partial charge in [-0.3, -0.25) is 0 Å². The van der Waals surface area contributed by atoms with Crippen molar-refractivity contribution in [3.05, 3.63) is 70.1 Å². The maximum Gasteiger partial charge on any atom is 0.137 e. The maximum atomic E-state index is 5.40. The van der Waals surface area contributed by atoms with E-state index in [-0.39, 0.29) is 0 Å². The van der Waals surface area contributed by atoms with Crippen molar-refractivity contribution in [3.8, 4) is 28.8 Å². The molecule has 31 heavy (non-hydrogen) atoms. The van der Waals surface area contributed by atoms with Crippen molar-refractivity contribution in [1.82, 2.24) is 24.5 Å². The molecule has 3 heterocycles. The van der Waals surface area contributed by atoms with E-state index in [1.54, 1.807) is 31.1 Å². The summed E-state index contributed by atoms with van der Waals surface area (Å²) in [5.41, 5.74) is 7.19. The van der Waals surface area contributed by atoms with Crippen LogP contribution in [0.1, 0.15) is 21.6 Å². The Morgan fingerprint density at radius 2 is 2.13 bits per heavy atom. The summed E-state index contributed by atoms with van der Waals surface area (Å²) in [4.78, 5) is 5.02. The lowest BCUT2D eigenvalue weighted by atomic mass is 10.1. The summed E-state index contributed by atoms with van der Waals surface area (Å²) in [5.74, 6) is 6.23. The average Bonchev–Trinajstić information content (AvgIpc) is 3.55. The number of hydrogen-bond donors (Lipinski definition) is 0. The van der Waals surface area contributed by atoms with Gasteiger partial charge in [-0.15, -0.1) is 11.3 Å². The van der Waals surface area contributed by atoms with Gasteiger partial charge in [-0.25, -0.2) is 14.3 Å². The third-order valence-electron chi connectivity index (χ3n) is 5.11. The Balaban J connectivity index is 1.37. The van der Waals surface area contributed by atoms with E-state index in [1.807, 2.05) is 15.6 Å². The standard InChI is InChI=1S/C23H21N5O2S/c1-29-7-8-30-6-2-3-21-11-20(14-31-21)28-23-19(12-25-28)10-18-5-4-17(9-22(18)23)13-27-16-24-15-26-27/h4-5,9,11-12,14-16H,6-8,10,13H2,1H3. The van der Waals surface area contributed by atoms with Gasteiger partial charge in [0.25, 0.3) is 0 Å². The zero-order valence-corrected chi connectivity index (χ0v) is 17.9. The second-order valence-electron chi connectivity index (χ2n) is 7.21. The molecule has 0 saturated carbocycles. The summed E-state index contributed by atoms with van der Waals surface area (Å²) in [6.45, 7) is 2.23. The molecular weight excluding hydrogens is 410 g/mol. The molecule has 1 aliphatic carbocycles. The molecule has 0 N–H and O–H groups in total. The van der Waals surface area contributed by atoms with Gasteiger partial charge >= 0.3 is 0 Å². The first-order valence-electron chi connectivity index (χ1n) is 9.98. The highest BCUT2D eigenvalue weighted by molar-refractivity contribution is 7.10. The molecule has 1 aromatic carbocycles. The van der Waals surface area contributed by atoms with Gasteiger partial charge in [-0.1, -0.05) is 24.0 Å². The van der Waals surface area contributed by atoms with Crippen LogP contribution in [0.25, 0.3) is 16.9 Å². The van der Waals surface area contributed by atoms with Crippen molar-refractivity contribution in [2.45, 2.75) is 13.0 Å². The Labute approximate surface area is 184 Å². The highest BCUT2D eigenvalue weighted by atomic mass is 32.1. The molecule has 0 bridgehead atoms. The van der Waals surface area contributed by atoms with E-state index in [9.17, 15) is 0 Å². The zero-order valence-electron chi connectivity index (χ0n) is 17.1. The van der Waals surface area contributed by atoms with Crippen LogP contribution >= 0.6 is 11.3 Å². The molecule has 0 spiro atoms. The maximum absolute atomic E-state index is 5.40. The van der Waals surface area contributed by atoms with E-state index in [0.29, 0.717) is 26.4 Å². The molecule has 0 amide bonds. The molecule has 0 unspecified atom stereocenters. The third-order valence-corrected chi connectivity index (χ3v) is 5.95. The summed E-state index contributed by atoms with van der Waals surface area (Å²) >= 11 is 1.62. The fourth-order valence-corrected chi connectivity index (χ4v) is 4.42. The van der Waals surface area contributed by atoms with Crippen LogP contribution in [0, 0.1) is 11.8 Å². The number of nitrogens with zero attached hydrogens (tertiary/aromatic N) is 5. The Kier molecular flexibility index (Phi) is 5.63. The smallest absolute Gasteiger partial charge is 0.137 e. The molecule has 5 rings (SSSR count). The minimum Gasteiger partial charge on any atom is -0.382 e. The van der Waals surface area contributed by atoms with E-state index in [0.717, 1.165) is 22.7 Å². The molecule has 3 aromatic heterocycles. The van der Waals surface area contributed by atoms with Gasteiger partial charge in [0.15, 0.2) is 0 Å². The van der Waals surface area contributed by atoms with Crippen LogP contribution in [0.2, 0.25) is 0 Å². The lowest BCUT2D eigenvalue weighted by molar-refractivity contribution is 0.0877. The van der Waals surface area contributed by atoms with Crippen LogP contribution in [0.5, 0.6) is 0 Å². The van der Waals surface area contributed by atoms with Crippen LogP contribution in [-0.2, 0) is 22.4 Å². The van der Waals surface area contributed by atoms with Gasteiger partial charge in [0, 0.05) is 30.0 Å². The minimum absolute atomic E-state index is 0.398. The average molecular weight is 432 g/mol. The zero-order chi connectivity index (χ0) is 21.0. The molecule has 0 fully saturated rings. The highest BCUT2D eigenvalue weighted by Crippen LogP contribution is 2.39. The van der Waals surface area contributed by atoms with Crippen molar-refractivity contribution in [1.29, 1.82) is 0 Å².